The van der Waals surface area contributed by atoms with Crippen LogP contribution in [0, 0.1) is 0 Å². The van der Waals surface area contributed by atoms with Gasteiger partial charge < -0.3 is 14.5 Å². The van der Waals surface area contributed by atoms with Gasteiger partial charge in [-0.25, -0.2) is 4.79 Å². The van der Waals surface area contributed by atoms with E-state index in [9.17, 15) is 4.79 Å². The Hall–Kier alpha value is -1.75. The number of benzene rings is 1. The maximum atomic E-state index is 11.9. The summed E-state index contributed by atoms with van der Waals surface area (Å²) in [6.07, 6.45) is 1.72. The molecule has 1 unspecified atom stereocenters. The zero-order chi connectivity index (χ0) is 11.8. The molecule has 0 bridgehead atoms. The predicted octanol–water partition coefficient (Wildman–Crippen LogP) is 1.65. The minimum Gasteiger partial charge on any atom is -0.497 e. The van der Waals surface area contributed by atoms with E-state index < -0.39 is 0 Å². The standard InChI is InChI=1S/C12H14N2O3/c1-16-8-4-5-9-10(7-8)14(12(15)13-9)11-3-2-6-17-11/h4-5,7,11H,2-3,6H2,1H3,(H,13,15). The fraction of sp³-hybridized carbons (Fsp3) is 0.417. The van der Waals surface area contributed by atoms with E-state index in [2.05, 4.69) is 4.98 Å². The van der Waals surface area contributed by atoms with Crippen molar-refractivity contribution < 1.29 is 9.47 Å². The summed E-state index contributed by atoms with van der Waals surface area (Å²) in [6.45, 7) is 0.716. The first-order valence-electron chi connectivity index (χ1n) is 5.69. The van der Waals surface area contributed by atoms with Gasteiger partial charge in [0.05, 0.1) is 18.1 Å². The molecule has 0 amide bonds. The average Bonchev–Trinajstić information content (AvgIpc) is 2.93. The molecule has 90 valence electrons. The summed E-state index contributed by atoms with van der Waals surface area (Å²) >= 11 is 0. The van der Waals surface area contributed by atoms with Crippen LogP contribution in [-0.2, 0) is 4.74 Å². The zero-order valence-corrected chi connectivity index (χ0v) is 9.60. The average molecular weight is 234 g/mol. The van der Waals surface area contributed by atoms with Crippen molar-refractivity contribution in [3.63, 3.8) is 0 Å². The van der Waals surface area contributed by atoms with Crippen molar-refractivity contribution in [2.75, 3.05) is 13.7 Å². The lowest BCUT2D eigenvalue weighted by atomic mass is 10.3. The van der Waals surface area contributed by atoms with Gasteiger partial charge in [0.1, 0.15) is 12.0 Å². The number of methoxy groups -OCH3 is 1. The highest BCUT2D eigenvalue weighted by molar-refractivity contribution is 5.77. The van der Waals surface area contributed by atoms with Gasteiger partial charge in [-0.15, -0.1) is 0 Å². The molecule has 0 aliphatic carbocycles. The van der Waals surface area contributed by atoms with E-state index >= 15 is 0 Å². The lowest BCUT2D eigenvalue weighted by Gasteiger charge is -2.11. The van der Waals surface area contributed by atoms with Gasteiger partial charge in [0.25, 0.3) is 0 Å². The highest BCUT2D eigenvalue weighted by Crippen LogP contribution is 2.26. The number of hydrogen-bond acceptors (Lipinski definition) is 3. The number of aromatic amines is 1. The fourth-order valence-corrected chi connectivity index (χ4v) is 2.28. The summed E-state index contributed by atoms with van der Waals surface area (Å²) in [5.74, 6) is 0.739. The van der Waals surface area contributed by atoms with Crippen LogP contribution in [0.3, 0.4) is 0 Å². The summed E-state index contributed by atoms with van der Waals surface area (Å²) in [6, 6.07) is 5.54. The van der Waals surface area contributed by atoms with Gasteiger partial charge in [-0.05, 0) is 25.0 Å². The number of imidazole rings is 1. The van der Waals surface area contributed by atoms with Gasteiger partial charge in [0, 0.05) is 12.7 Å². The summed E-state index contributed by atoms with van der Waals surface area (Å²) in [7, 11) is 1.61. The number of nitrogens with zero attached hydrogens (tertiary/aromatic N) is 1. The van der Waals surface area contributed by atoms with E-state index in [1.807, 2.05) is 18.2 Å². The topological polar surface area (TPSA) is 56.2 Å². The molecule has 2 heterocycles. The monoisotopic (exact) mass is 234 g/mol. The van der Waals surface area contributed by atoms with Crippen LogP contribution in [0.4, 0.5) is 0 Å². The summed E-state index contributed by atoms with van der Waals surface area (Å²) < 4.78 is 12.4. The number of H-pyrrole nitrogens is 1. The molecule has 0 saturated carbocycles. The molecule has 1 aliphatic rings. The van der Waals surface area contributed by atoms with Crippen molar-refractivity contribution in [1.29, 1.82) is 0 Å². The quantitative estimate of drug-likeness (QED) is 0.859. The van der Waals surface area contributed by atoms with Crippen molar-refractivity contribution >= 4 is 11.0 Å². The van der Waals surface area contributed by atoms with Gasteiger partial charge in [-0.1, -0.05) is 0 Å². The number of ether oxygens (including phenoxy) is 2. The third-order valence-corrected chi connectivity index (χ3v) is 3.12. The second kappa shape index (κ2) is 3.92. The first-order chi connectivity index (χ1) is 8.29. The van der Waals surface area contributed by atoms with Crippen LogP contribution in [0.2, 0.25) is 0 Å². The van der Waals surface area contributed by atoms with Crippen molar-refractivity contribution in [2.45, 2.75) is 19.1 Å². The first-order valence-corrected chi connectivity index (χ1v) is 5.69. The minimum absolute atomic E-state index is 0.125. The van der Waals surface area contributed by atoms with E-state index in [1.54, 1.807) is 11.7 Å². The van der Waals surface area contributed by atoms with Crippen molar-refractivity contribution in [3.8, 4) is 5.75 Å². The summed E-state index contributed by atoms with van der Waals surface area (Å²) in [4.78, 5) is 14.7. The van der Waals surface area contributed by atoms with Crippen molar-refractivity contribution in [2.24, 2.45) is 0 Å². The molecular weight excluding hydrogens is 220 g/mol. The van der Waals surface area contributed by atoms with E-state index in [-0.39, 0.29) is 11.9 Å². The predicted molar refractivity (Wildman–Crippen MR) is 63.3 cm³/mol. The molecular formula is C12H14N2O3. The number of hydrogen-bond donors (Lipinski definition) is 1. The first kappa shape index (κ1) is 10.4. The van der Waals surface area contributed by atoms with Crippen LogP contribution in [0.5, 0.6) is 5.75 Å². The van der Waals surface area contributed by atoms with Gasteiger partial charge in [-0.3, -0.25) is 4.57 Å². The van der Waals surface area contributed by atoms with Gasteiger partial charge in [0.2, 0.25) is 0 Å². The molecule has 0 spiro atoms. The molecule has 17 heavy (non-hydrogen) atoms. The highest BCUT2D eigenvalue weighted by atomic mass is 16.5. The Bertz CT molecular complexity index is 593. The van der Waals surface area contributed by atoms with E-state index in [0.717, 1.165) is 29.6 Å². The van der Waals surface area contributed by atoms with Crippen LogP contribution >= 0.6 is 0 Å². The lowest BCUT2D eigenvalue weighted by molar-refractivity contribution is 0.0573. The molecule has 1 N–H and O–H groups in total. The van der Waals surface area contributed by atoms with Crippen molar-refractivity contribution in [3.05, 3.63) is 28.7 Å². The summed E-state index contributed by atoms with van der Waals surface area (Å²) in [5.41, 5.74) is 1.52. The van der Waals surface area contributed by atoms with Crippen LogP contribution in [0.1, 0.15) is 19.1 Å². The van der Waals surface area contributed by atoms with Gasteiger partial charge in [-0.2, -0.15) is 0 Å². The maximum Gasteiger partial charge on any atom is 0.328 e. The number of nitrogens with one attached hydrogen (secondary N) is 1. The van der Waals surface area contributed by atoms with Crippen LogP contribution < -0.4 is 10.4 Å². The Morgan fingerprint density at radius 2 is 2.41 bits per heavy atom. The molecule has 3 rings (SSSR count). The van der Waals surface area contributed by atoms with Gasteiger partial charge in [0.15, 0.2) is 0 Å². The molecule has 0 radical (unpaired) electrons. The number of fused-ring (bicyclic) bond motifs is 1. The second-order valence-electron chi connectivity index (χ2n) is 4.15. The Kier molecular flexibility index (Phi) is 2.40. The number of rotatable bonds is 2. The second-order valence-corrected chi connectivity index (χ2v) is 4.15. The maximum absolute atomic E-state index is 11.9. The Morgan fingerprint density at radius 1 is 1.53 bits per heavy atom. The molecule has 1 fully saturated rings. The molecule has 1 atom stereocenters. The highest BCUT2D eigenvalue weighted by Gasteiger charge is 2.21. The largest absolute Gasteiger partial charge is 0.497 e. The van der Waals surface area contributed by atoms with E-state index in [1.165, 1.54) is 0 Å². The van der Waals surface area contributed by atoms with Crippen molar-refractivity contribution in [1.82, 2.24) is 9.55 Å². The Morgan fingerprint density at radius 3 is 3.12 bits per heavy atom. The smallest absolute Gasteiger partial charge is 0.328 e. The Labute approximate surface area is 98.0 Å². The third kappa shape index (κ3) is 1.63. The van der Waals surface area contributed by atoms with Crippen LogP contribution in [0.25, 0.3) is 11.0 Å². The Balaban J connectivity index is 2.20. The van der Waals surface area contributed by atoms with E-state index in [0.29, 0.717) is 6.61 Å². The van der Waals surface area contributed by atoms with E-state index in [4.69, 9.17) is 9.47 Å². The molecule has 2 aromatic rings. The van der Waals surface area contributed by atoms with Crippen LogP contribution in [0.15, 0.2) is 23.0 Å². The zero-order valence-electron chi connectivity index (χ0n) is 9.60. The normalized spacial score (nSPS) is 19.9. The molecule has 5 heteroatoms. The fourth-order valence-electron chi connectivity index (χ4n) is 2.28. The number of aromatic nitrogens is 2. The molecule has 5 nitrogen and oxygen atoms in total. The molecule has 1 aromatic heterocycles. The molecule has 1 saturated heterocycles. The lowest BCUT2D eigenvalue weighted by Crippen LogP contribution is -2.21. The van der Waals surface area contributed by atoms with Gasteiger partial charge >= 0.3 is 5.69 Å². The molecule has 1 aliphatic heterocycles. The SMILES string of the molecule is COc1ccc2[nH]c(=O)n(C3CCCO3)c2c1. The third-order valence-electron chi connectivity index (χ3n) is 3.12. The minimum atomic E-state index is -0.150. The van der Waals surface area contributed by atoms with Crippen LogP contribution in [-0.4, -0.2) is 23.3 Å². The molecule has 1 aromatic carbocycles. The summed E-state index contributed by atoms with van der Waals surface area (Å²) in [5, 5.41) is 0.